The number of nitrogens with zero attached hydrogens (tertiary/aromatic N) is 3. The van der Waals surface area contributed by atoms with Crippen LogP contribution in [0, 0.1) is 11.3 Å². The first-order valence-corrected chi connectivity index (χ1v) is 12.3. The molecule has 9 nitrogen and oxygen atoms in total. The van der Waals surface area contributed by atoms with Crippen molar-refractivity contribution in [3.05, 3.63) is 53.6 Å². The van der Waals surface area contributed by atoms with Crippen LogP contribution in [0.2, 0.25) is 0 Å². The standard InChI is InChI=1S/C24H27N3O6S/c1-18(28)20-5-3-6-21(16-20)34(30,31)27-12-10-26(11-13-27)24(29)7-4-14-33-22-9-8-19(17-25)15-23(22)32-2/h3,5-6,8-9,15-16H,4,7,10-14H2,1-2H3. The minimum absolute atomic E-state index is 0.0639. The van der Waals surface area contributed by atoms with Crippen molar-refractivity contribution in [3.8, 4) is 17.6 Å². The zero-order valence-corrected chi connectivity index (χ0v) is 20.0. The number of ether oxygens (including phenoxy) is 2. The normalized spacial score (nSPS) is 14.3. The number of amides is 1. The number of rotatable bonds is 9. The van der Waals surface area contributed by atoms with E-state index in [1.807, 2.05) is 6.07 Å². The molecule has 0 aliphatic carbocycles. The van der Waals surface area contributed by atoms with Gasteiger partial charge in [-0.3, -0.25) is 9.59 Å². The van der Waals surface area contributed by atoms with E-state index >= 15 is 0 Å². The maximum absolute atomic E-state index is 12.9. The summed E-state index contributed by atoms with van der Waals surface area (Å²) in [7, 11) is -2.25. The van der Waals surface area contributed by atoms with Gasteiger partial charge in [0.25, 0.3) is 0 Å². The number of methoxy groups -OCH3 is 1. The highest BCUT2D eigenvalue weighted by Crippen LogP contribution is 2.28. The zero-order valence-electron chi connectivity index (χ0n) is 19.2. The minimum Gasteiger partial charge on any atom is -0.493 e. The second-order valence-corrected chi connectivity index (χ2v) is 9.74. The summed E-state index contributed by atoms with van der Waals surface area (Å²) in [6, 6.07) is 12.9. The molecule has 34 heavy (non-hydrogen) atoms. The number of carbonyl (C=O) groups is 2. The number of benzene rings is 2. The van der Waals surface area contributed by atoms with Gasteiger partial charge in [0.2, 0.25) is 15.9 Å². The summed E-state index contributed by atoms with van der Waals surface area (Å²) < 4.78 is 38.1. The van der Waals surface area contributed by atoms with Crippen molar-refractivity contribution in [2.24, 2.45) is 0 Å². The number of Topliss-reactive ketones (excluding diaryl/α,β-unsaturated/α-hetero) is 1. The second-order valence-electron chi connectivity index (χ2n) is 7.80. The first-order chi connectivity index (χ1) is 16.3. The molecule has 1 aliphatic rings. The lowest BCUT2D eigenvalue weighted by atomic mass is 10.2. The van der Waals surface area contributed by atoms with Crippen molar-refractivity contribution in [1.82, 2.24) is 9.21 Å². The third-order valence-electron chi connectivity index (χ3n) is 5.55. The number of hydrogen-bond donors (Lipinski definition) is 0. The number of nitriles is 1. The van der Waals surface area contributed by atoms with Gasteiger partial charge in [0, 0.05) is 44.2 Å². The molecule has 1 saturated heterocycles. The maximum Gasteiger partial charge on any atom is 0.243 e. The Kier molecular flexibility index (Phi) is 8.26. The van der Waals surface area contributed by atoms with Crippen LogP contribution in [0.1, 0.15) is 35.7 Å². The molecule has 0 saturated carbocycles. The Morgan fingerprint density at radius 1 is 1.06 bits per heavy atom. The third kappa shape index (κ3) is 5.92. The minimum atomic E-state index is -3.74. The van der Waals surface area contributed by atoms with Gasteiger partial charge in [0.1, 0.15) is 0 Å². The first kappa shape index (κ1) is 25.2. The molecule has 0 radical (unpaired) electrons. The van der Waals surface area contributed by atoms with Crippen molar-refractivity contribution >= 4 is 21.7 Å². The fourth-order valence-electron chi connectivity index (χ4n) is 3.62. The van der Waals surface area contributed by atoms with E-state index in [2.05, 4.69) is 0 Å². The summed E-state index contributed by atoms with van der Waals surface area (Å²) in [6.07, 6.45) is 0.754. The average molecular weight is 486 g/mol. The second kappa shape index (κ2) is 11.1. The molecule has 0 aromatic heterocycles. The first-order valence-electron chi connectivity index (χ1n) is 10.9. The van der Waals surface area contributed by atoms with E-state index in [4.69, 9.17) is 14.7 Å². The van der Waals surface area contributed by atoms with Crippen LogP contribution in [0.4, 0.5) is 0 Å². The van der Waals surface area contributed by atoms with Gasteiger partial charge in [0.05, 0.1) is 30.2 Å². The lowest BCUT2D eigenvalue weighted by molar-refractivity contribution is -0.132. The van der Waals surface area contributed by atoms with Crippen molar-refractivity contribution in [2.45, 2.75) is 24.7 Å². The fraction of sp³-hybridized carbons (Fsp3) is 0.375. The van der Waals surface area contributed by atoms with Crippen LogP contribution < -0.4 is 9.47 Å². The highest BCUT2D eigenvalue weighted by molar-refractivity contribution is 7.89. The molecule has 3 rings (SSSR count). The maximum atomic E-state index is 12.9. The Balaban J connectivity index is 1.48. The molecule has 1 amide bonds. The van der Waals surface area contributed by atoms with Crippen LogP contribution in [0.5, 0.6) is 11.5 Å². The van der Waals surface area contributed by atoms with Crippen LogP contribution in [0.3, 0.4) is 0 Å². The predicted octanol–water partition coefficient (Wildman–Crippen LogP) is 2.46. The molecule has 0 N–H and O–H groups in total. The monoisotopic (exact) mass is 485 g/mol. The van der Waals surface area contributed by atoms with E-state index in [1.54, 1.807) is 35.2 Å². The van der Waals surface area contributed by atoms with E-state index in [9.17, 15) is 18.0 Å². The van der Waals surface area contributed by atoms with Crippen LogP contribution in [0.25, 0.3) is 0 Å². The Bertz CT molecular complexity index is 1200. The Morgan fingerprint density at radius 3 is 2.44 bits per heavy atom. The number of carbonyl (C=O) groups excluding carboxylic acids is 2. The van der Waals surface area contributed by atoms with Gasteiger partial charge in [-0.1, -0.05) is 12.1 Å². The number of sulfonamides is 1. The highest BCUT2D eigenvalue weighted by atomic mass is 32.2. The lowest BCUT2D eigenvalue weighted by Crippen LogP contribution is -2.50. The van der Waals surface area contributed by atoms with Gasteiger partial charge < -0.3 is 14.4 Å². The summed E-state index contributed by atoms with van der Waals surface area (Å²) in [6.45, 7) is 2.68. The third-order valence-corrected chi connectivity index (χ3v) is 7.45. The van der Waals surface area contributed by atoms with E-state index in [1.165, 1.54) is 30.5 Å². The topological polar surface area (TPSA) is 117 Å². The summed E-state index contributed by atoms with van der Waals surface area (Å²) in [5.74, 6) is 0.693. The van der Waals surface area contributed by atoms with Crippen molar-refractivity contribution < 1.29 is 27.5 Å². The highest BCUT2D eigenvalue weighted by Gasteiger charge is 2.30. The van der Waals surface area contributed by atoms with Gasteiger partial charge >= 0.3 is 0 Å². The van der Waals surface area contributed by atoms with Crippen LogP contribution in [-0.4, -0.2) is 69.2 Å². The molecule has 0 unspecified atom stereocenters. The molecule has 2 aromatic carbocycles. The predicted molar refractivity (Wildman–Crippen MR) is 124 cm³/mol. The molecule has 1 aliphatic heterocycles. The summed E-state index contributed by atoms with van der Waals surface area (Å²) >= 11 is 0. The zero-order chi connectivity index (χ0) is 24.7. The van der Waals surface area contributed by atoms with Gasteiger partial charge in [0.15, 0.2) is 17.3 Å². The van der Waals surface area contributed by atoms with Gasteiger partial charge in [-0.05, 0) is 37.6 Å². The number of ketones is 1. The van der Waals surface area contributed by atoms with E-state index in [-0.39, 0.29) is 36.1 Å². The molecule has 0 bridgehead atoms. The van der Waals surface area contributed by atoms with Crippen molar-refractivity contribution in [2.75, 3.05) is 39.9 Å². The van der Waals surface area contributed by atoms with Gasteiger partial charge in [-0.15, -0.1) is 0 Å². The summed E-state index contributed by atoms with van der Waals surface area (Å²) in [5, 5.41) is 8.96. The van der Waals surface area contributed by atoms with Crippen LogP contribution in [0.15, 0.2) is 47.4 Å². The molecule has 10 heteroatoms. The summed E-state index contributed by atoms with van der Waals surface area (Å²) in [5.41, 5.74) is 0.808. The van der Waals surface area contributed by atoms with E-state index < -0.39 is 10.0 Å². The fourth-order valence-corrected chi connectivity index (χ4v) is 5.09. The van der Waals surface area contributed by atoms with Gasteiger partial charge in [-0.2, -0.15) is 9.57 Å². The average Bonchev–Trinajstić information content (AvgIpc) is 2.86. The lowest BCUT2D eigenvalue weighted by Gasteiger charge is -2.34. The van der Waals surface area contributed by atoms with Crippen LogP contribution >= 0.6 is 0 Å². The number of hydrogen-bond acceptors (Lipinski definition) is 7. The molecule has 2 aromatic rings. The van der Waals surface area contributed by atoms with Crippen molar-refractivity contribution in [3.63, 3.8) is 0 Å². The van der Waals surface area contributed by atoms with Crippen molar-refractivity contribution in [1.29, 1.82) is 5.26 Å². The van der Waals surface area contributed by atoms with E-state index in [0.29, 0.717) is 48.7 Å². The smallest absolute Gasteiger partial charge is 0.243 e. The number of piperazine rings is 1. The largest absolute Gasteiger partial charge is 0.493 e. The Hall–Kier alpha value is -3.42. The molecule has 180 valence electrons. The molecule has 0 spiro atoms. The Labute approximate surface area is 199 Å². The Morgan fingerprint density at radius 2 is 1.79 bits per heavy atom. The SMILES string of the molecule is COc1cc(C#N)ccc1OCCCC(=O)N1CCN(S(=O)(=O)c2cccc(C(C)=O)c2)CC1. The summed E-state index contributed by atoms with van der Waals surface area (Å²) in [4.78, 5) is 25.9. The quantitative estimate of drug-likeness (QED) is 0.396. The van der Waals surface area contributed by atoms with Crippen LogP contribution in [-0.2, 0) is 14.8 Å². The molecule has 1 heterocycles. The van der Waals surface area contributed by atoms with Gasteiger partial charge in [-0.25, -0.2) is 8.42 Å². The molecular weight excluding hydrogens is 458 g/mol. The molecule has 1 fully saturated rings. The molecule has 0 atom stereocenters. The van der Waals surface area contributed by atoms with E-state index in [0.717, 1.165) is 0 Å². The molecular formula is C24H27N3O6S.